The van der Waals surface area contributed by atoms with E-state index in [4.69, 9.17) is 0 Å². The standard InChI is InChI=1S/C17H22N2/c1-3-13-9-16-10-14(6-7-17(16)18-11-13)15-5-4-8-19(2)12-15/h4-7,10,12-13,18H,3,8-9,11H2,1-2H3. The van der Waals surface area contributed by atoms with E-state index in [0.717, 1.165) is 19.0 Å². The normalized spacial score (nSPS) is 21.7. The van der Waals surface area contributed by atoms with Crippen molar-refractivity contribution in [1.82, 2.24) is 4.90 Å². The van der Waals surface area contributed by atoms with Crippen molar-refractivity contribution in [2.45, 2.75) is 19.8 Å². The monoisotopic (exact) mass is 254 g/mol. The Morgan fingerprint density at radius 1 is 1.37 bits per heavy atom. The number of nitrogens with one attached hydrogen (secondary N) is 1. The van der Waals surface area contributed by atoms with Crippen molar-refractivity contribution in [2.75, 3.05) is 25.5 Å². The molecular formula is C17H22N2. The molecule has 0 radical (unpaired) electrons. The highest BCUT2D eigenvalue weighted by Crippen LogP contribution is 2.30. The van der Waals surface area contributed by atoms with Crippen LogP contribution < -0.4 is 5.32 Å². The summed E-state index contributed by atoms with van der Waals surface area (Å²) >= 11 is 0. The van der Waals surface area contributed by atoms with Gasteiger partial charge < -0.3 is 10.2 Å². The number of allylic oxidation sites excluding steroid dienone is 2. The lowest BCUT2D eigenvalue weighted by molar-refractivity contribution is 0.507. The predicted molar refractivity (Wildman–Crippen MR) is 82.2 cm³/mol. The van der Waals surface area contributed by atoms with Gasteiger partial charge in [-0.2, -0.15) is 0 Å². The van der Waals surface area contributed by atoms with E-state index in [2.05, 4.69) is 60.7 Å². The van der Waals surface area contributed by atoms with Crippen LogP contribution in [0.2, 0.25) is 0 Å². The van der Waals surface area contributed by atoms with E-state index in [-0.39, 0.29) is 0 Å². The first kappa shape index (κ1) is 12.3. The molecule has 1 unspecified atom stereocenters. The SMILES string of the molecule is CCC1CNc2ccc(C3=CN(C)CC=C3)cc2C1. The Hall–Kier alpha value is -1.70. The van der Waals surface area contributed by atoms with Crippen molar-refractivity contribution in [3.8, 4) is 0 Å². The van der Waals surface area contributed by atoms with Gasteiger partial charge in [0.15, 0.2) is 0 Å². The minimum Gasteiger partial charge on any atom is -0.385 e. The lowest BCUT2D eigenvalue weighted by Gasteiger charge is -2.26. The molecule has 2 nitrogen and oxygen atoms in total. The van der Waals surface area contributed by atoms with Gasteiger partial charge in [0, 0.05) is 32.0 Å². The van der Waals surface area contributed by atoms with Crippen LogP contribution in [0.5, 0.6) is 0 Å². The average Bonchev–Trinajstić information content (AvgIpc) is 2.46. The van der Waals surface area contributed by atoms with Crippen molar-refractivity contribution < 1.29 is 0 Å². The fourth-order valence-corrected chi connectivity index (χ4v) is 2.89. The highest BCUT2D eigenvalue weighted by atomic mass is 15.1. The highest BCUT2D eigenvalue weighted by molar-refractivity contribution is 5.76. The third kappa shape index (κ3) is 2.53. The molecule has 0 fully saturated rings. The molecule has 2 heterocycles. The Morgan fingerprint density at radius 3 is 3.05 bits per heavy atom. The third-order valence-electron chi connectivity index (χ3n) is 4.16. The van der Waals surface area contributed by atoms with Crippen LogP contribution in [0.1, 0.15) is 24.5 Å². The van der Waals surface area contributed by atoms with Gasteiger partial charge in [0.05, 0.1) is 0 Å². The van der Waals surface area contributed by atoms with Gasteiger partial charge in [0.1, 0.15) is 0 Å². The number of rotatable bonds is 2. The highest BCUT2D eigenvalue weighted by Gasteiger charge is 2.17. The summed E-state index contributed by atoms with van der Waals surface area (Å²) in [5, 5.41) is 3.55. The molecule has 0 aliphatic carbocycles. The number of fused-ring (bicyclic) bond motifs is 1. The van der Waals surface area contributed by atoms with Gasteiger partial charge in [-0.3, -0.25) is 0 Å². The van der Waals surface area contributed by atoms with Gasteiger partial charge in [-0.1, -0.05) is 31.6 Å². The van der Waals surface area contributed by atoms with Crippen molar-refractivity contribution >= 4 is 11.3 Å². The van der Waals surface area contributed by atoms with Crippen LogP contribution in [0.4, 0.5) is 5.69 Å². The lowest BCUT2D eigenvalue weighted by atomic mass is 9.90. The molecule has 2 aliphatic rings. The zero-order valence-electron chi connectivity index (χ0n) is 11.8. The zero-order valence-corrected chi connectivity index (χ0v) is 11.8. The van der Waals surface area contributed by atoms with E-state index in [1.807, 2.05) is 0 Å². The number of benzene rings is 1. The second-order valence-corrected chi connectivity index (χ2v) is 5.66. The second kappa shape index (κ2) is 5.12. The summed E-state index contributed by atoms with van der Waals surface area (Å²) < 4.78 is 0. The molecular weight excluding hydrogens is 232 g/mol. The number of hydrogen-bond donors (Lipinski definition) is 1. The van der Waals surface area contributed by atoms with E-state index >= 15 is 0 Å². The fraction of sp³-hybridized carbons (Fsp3) is 0.412. The van der Waals surface area contributed by atoms with Crippen LogP contribution in [-0.2, 0) is 6.42 Å². The molecule has 0 bridgehead atoms. The maximum atomic E-state index is 3.55. The maximum Gasteiger partial charge on any atom is 0.0373 e. The number of nitrogens with zero attached hydrogens (tertiary/aromatic N) is 1. The molecule has 1 aromatic rings. The van der Waals surface area contributed by atoms with Crippen molar-refractivity contribution in [1.29, 1.82) is 0 Å². The van der Waals surface area contributed by atoms with Crippen LogP contribution in [0, 0.1) is 5.92 Å². The maximum absolute atomic E-state index is 3.55. The Morgan fingerprint density at radius 2 is 2.26 bits per heavy atom. The van der Waals surface area contributed by atoms with Crippen LogP contribution in [0.25, 0.3) is 5.57 Å². The molecule has 0 saturated heterocycles. The number of hydrogen-bond acceptors (Lipinski definition) is 2. The smallest absolute Gasteiger partial charge is 0.0373 e. The zero-order chi connectivity index (χ0) is 13.2. The molecule has 0 spiro atoms. The summed E-state index contributed by atoms with van der Waals surface area (Å²) in [4.78, 5) is 2.22. The Labute approximate surface area is 115 Å². The summed E-state index contributed by atoms with van der Waals surface area (Å²) in [5.74, 6) is 0.779. The van der Waals surface area contributed by atoms with Gasteiger partial charge >= 0.3 is 0 Å². The van der Waals surface area contributed by atoms with Gasteiger partial charge in [-0.05, 0) is 41.2 Å². The average molecular weight is 254 g/mol. The minimum absolute atomic E-state index is 0.779. The Balaban J connectivity index is 1.91. The molecule has 19 heavy (non-hydrogen) atoms. The van der Waals surface area contributed by atoms with E-state index < -0.39 is 0 Å². The molecule has 3 rings (SSSR count). The summed E-state index contributed by atoms with van der Waals surface area (Å²) in [5.41, 5.74) is 5.44. The van der Waals surface area contributed by atoms with Gasteiger partial charge in [0.25, 0.3) is 0 Å². The fourth-order valence-electron chi connectivity index (χ4n) is 2.89. The lowest BCUT2D eigenvalue weighted by Crippen LogP contribution is -2.22. The van der Waals surface area contributed by atoms with Gasteiger partial charge in [-0.25, -0.2) is 0 Å². The van der Waals surface area contributed by atoms with Crippen LogP contribution in [-0.4, -0.2) is 25.0 Å². The predicted octanol–water partition coefficient (Wildman–Crippen LogP) is 3.52. The van der Waals surface area contributed by atoms with Crippen molar-refractivity contribution in [3.05, 3.63) is 47.7 Å². The van der Waals surface area contributed by atoms with Crippen molar-refractivity contribution in [3.63, 3.8) is 0 Å². The van der Waals surface area contributed by atoms with Gasteiger partial charge in [0.2, 0.25) is 0 Å². The van der Waals surface area contributed by atoms with E-state index in [9.17, 15) is 0 Å². The van der Waals surface area contributed by atoms with E-state index in [1.54, 1.807) is 0 Å². The molecule has 0 aromatic heterocycles. The Kier molecular flexibility index (Phi) is 3.33. The van der Waals surface area contributed by atoms with Crippen LogP contribution in [0.3, 0.4) is 0 Å². The summed E-state index contributed by atoms with van der Waals surface area (Å²) in [6.07, 6.45) is 9.15. The molecule has 1 atom stereocenters. The first-order chi connectivity index (χ1) is 9.26. The third-order valence-corrected chi connectivity index (χ3v) is 4.16. The largest absolute Gasteiger partial charge is 0.385 e. The molecule has 100 valence electrons. The number of likely N-dealkylation sites (N-methyl/N-ethyl adjacent to an activating group) is 1. The van der Waals surface area contributed by atoms with E-state index in [1.165, 1.54) is 35.2 Å². The topological polar surface area (TPSA) is 15.3 Å². The first-order valence-electron chi connectivity index (χ1n) is 7.22. The minimum atomic E-state index is 0.779. The van der Waals surface area contributed by atoms with Crippen LogP contribution in [0.15, 0.2) is 36.6 Å². The molecule has 0 saturated carbocycles. The summed E-state index contributed by atoms with van der Waals surface area (Å²) in [6, 6.07) is 6.83. The molecule has 2 heteroatoms. The van der Waals surface area contributed by atoms with E-state index in [0.29, 0.717) is 0 Å². The quantitative estimate of drug-likeness (QED) is 0.868. The number of anilines is 1. The second-order valence-electron chi connectivity index (χ2n) is 5.66. The van der Waals surface area contributed by atoms with Gasteiger partial charge in [-0.15, -0.1) is 0 Å². The summed E-state index contributed by atoms with van der Waals surface area (Å²) in [7, 11) is 2.12. The Bertz CT molecular complexity index is 528. The first-order valence-corrected chi connectivity index (χ1v) is 7.22. The molecule has 0 amide bonds. The molecule has 1 aromatic carbocycles. The van der Waals surface area contributed by atoms with Crippen molar-refractivity contribution in [2.24, 2.45) is 5.92 Å². The van der Waals surface area contributed by atoms with Crippen LogP contribution >= 0.6 is 0 Å². The summed E-state index contributed by atoms with van der Waals surface area (Å²) in [6.45, 7) is 4.41. The molecule has 2 aliphatic heterocycles. The molecule has 1 N–H and O–H groups in total.